The number of carbonyl (C=O) groups excluding carboxylic acids is 1. The van der Waals surface area contributed by atoms with Crippen molar-refractivity contribution in [2.45, 2.75) is 12.2 Å². The van der Waals surface area contributed by atoms with E-state index in [9.17, 15) is 4.79 Å². The number of hydrogen-bond donors (Lipinski definition) is 0. The molecular formula is C15H12O3. The van der Waals surface area contributed by atoms with E-state index in [-0.39, 0.29) is 12.1 Å². The largest absolute Gasteiger partial charge is 0.474 e. The van der Waals surface area contributed by atoms with Crippen LogP contribution in [-0.2, 0) is 9.53 Å². The lowest BCUT2D eigenvalue weighted by Gasteiger charge is -2.35. The lowest BCUT2D eigenvalue weighted by molar-refractivity contribution is -0.194. The van der Waals surface area contributed by atoms with Crippen LogP contribution in [0.25, 0.3) is 0 Å². The van der Waals surface area contributed by atoms with E-state index in [2.05, 4.69) is 0 Å². The van der Waals surface area contributed by atoms with Gasteiger partial charge >= 0.3 is 5.97 Å². The van der Waals surface area contributed by atoms with Gasteiger partial charge in [0.1, 0.15) is 5.75 Å². The molecule has 2 aromatic rings. The first-order valence-corrected chi connectivity index (χ1v) is 5.82. The molecule has 18 heavy (non-hydrogen) atoms. The van der Waals surface area contributed by atoms with Gasteiger partial charge in [0.05, 0.1) is 0 Å². The van der Waals surface area contributed by atoms with Crippen molar-refractivity contribution in [2.24, 2.45) is 0 Å². The molecule has 1 fully saturated rings. The molecule has 1 heterocycles. The fourth-order valence-electron chi connectivity index (χ4n) is 1.95. The third-order valence-corrected chi connectivity index (χ3v) is 2.88. The zero-order valence-corrected chi connectivity index (χ0v) is 9.65. The Hall–Kier alpha value is -2.29. The zero-order valence-electron chi connectivity index (χ0n) is 9.65. The average Bonchev–Trinajstić information content (AvgIpc) is 2.44. The fourth-order valence-corrected chi connectivity index (χ4v) is 1.95. The van der Waals surface area contributed by atoms with Gasteiger partial charge < -0.3 is 9.47 Å². The molecule has 0 radical (unpaired) electrons. The van der Waals surface area contributed by atoms with E-state index < -0.39 is 6.10 Å². The van der Waals surface area contributed by atoms with Crippen LogP contribution < -0.4 is 4.74 Å². The van der Waals surface area contributed by atoms with Gasteiger partial charge in [0.15, 0.2) is 6.10 Å². The Morgan fingerprint density at radius 1 is 0.889 bits per heavy atom. The van der Waals surface area contributed by atoms with Gasteiger partial charge in [-0.3, -0.25) is 0 Å². The highest BCUT2D eigenvalue weighted by Crippen LogP contribution is 2.34. The maximum Gasteiger partial charge on any atom is 0.352 e. The third kappa shape index (κ3) is 1.95. The van der Waals surface area contributed by atoms with Gasteiger partial charge in [-0.1, -0.05) is 48.5 Å². The van der Waals surface area contributed by atoms with E-state index >= 15 is 0 Å². The summed E-state index contributed by atoms with van der Waals surface area (Å²) in [6.07, 6.45) is -0.853. The molecule has 0 unspecified atom stereocenters. The van der Waals surface area contributed by atoms with E-state index in [0.29, 0.717) is 5.75 Å². The molecule has 3 heteroatoms. The van der Waals surface area contributed by atoms with Gasteiger partial charge in [0, 0.05) is 0 Å². The summed E-state index contributed by atoms with van der Waals surface area (Å²) in [4.78, 5) is 11.5. The lowest BCUT2D eigenvalue weighted by Crippen LogP contribution is -2.47. The van der Waals surface area contributed by atoms with Crippen molar-refractivity contribution in [3.63, 3.8) is 0 Å². The Morgan fingerprint density at radius 2 is 1.50 bits per heavy atom. The Labute approximate surface area is 105 Å². The summed E-state index contributed by atoms with van der Waals surface area (Å²) in [5.41, 5.74) is 0.957. The summed E-state index contributed by atoms with van der Waals surface area (Å²) in [7, 11) is 0. The van der Waals surface area contributed by atoms with Gasteiger partial charge in [-0.25, -0.2) is 4.79 Å². The van der Waals surface area contributed by atoms with Crippen LogP contribution in [-0.4, -0.2) is 12.1 Å². The maximum atomic E-state index is 11.5. The lowest BCUT2D eigenvalue weighted by atomic mass is 10.00. The Kier molecular flexibility index (Phi) is 2.73. The van der Waals surface area contributed by atoms with Gasteiger partial charge in [0.25, 0.3) is 0 Å². The monoisotopic (exact) mass is 240 g/mol. The Bertz CT molecular complexity index is 536. The maximum absolute atomic E-state index is 11.5. The summed E-state index contributed by atoms with van der Waals surface area (Å²) >= 11 is 0. The van der Waals surface area contributed by atoms with E-state index in [1.807, 2.05) is 60.7 Å². The minimum atomic E-state index is -0.546. The van der Waals surface area contributed by atoms with Crippen LogP contribution in [0.4, 0.5) is 0 Å². The number of rotatable bonds is 3. The minimum Gasteiger partial charge on any atom is -0.474 e. The first-order valence-electron chi connectivity index (χ1n) is 5.82. The van der Waals surface area contributed by atoms with Crippen LogP contribution in [0.1, 0.15) is 11.7 Å². The summed E-state index contributed by atoms with van der Waals surface area (Å²) in [6.45, 7) is 0. The van der Waals surface area contributed by atoms with E-state index in [1.54, 1.807) is 0 Å². The molecule has 2 atom stereocenters. The SMILES string of the molecule is O=C1O[C@H](c2ccccc2)[C@@H]1Oc1ccccc1. The summed E-state index contributed by atoms with van der Waals surface area (Å²) < 4.78 is 10.8. The van der Waals surface area contributed by atoms with Crippen molar-refractivity contribution in [1.29, 1.82) is 0 Å². The first kappa shape index (κ1) is 10.8. The van der Waals surface area contributed by atoms with E-state index in [0.717, 1.165) is 5.56 Å². The zero-order chi connectivity index (χ0) is 12.4. The van der Waals surface area contributed by atoms with Gasteiger partial charge in [-0.15, -0.1) is 0 Å². The van der Waals surface area contributed by atoms with Crippen molar-refractivity contribution in [1.82, 2.24) is 0 Å². The molecule has 3 nitrogen and oxygen atoms in total. The van der Waals surface area contributed by atoms with E-state index in [1.165, 1.54) is 0 Å². The minimum absolute atomic E-state index is 0.307. The second-order valence-electron chi connectivity index (χ2n) is 4.12. The number of para-hydroxylation sites is 1. The Balaban J connectivity index is 1.77. The number of ether oxygens (including phenoxy) is 2. The highest BCUT2D eigenvalue weighted by atomic mass is 16.6. The Morgan fingerprint density at radius 3 is 2.11 bits per heavy atom. The predicted molar refractivity (Wildman–Crippen MR) is 66.1 cm³/mol. The van der Waals surface area contributed by atoms with Crippen LogP contribution in [0.2, 0.25) is 0 Å². The molecule has 1 saturated heterocycles. The van der Waals surface area contributed by atoms with Gasteiger partial charge in [-0.05, 0) is 17.7 Å². The highest BCUT2D eigenvalue weighted by molar-refractivity contribution is 5.82. The van der Waals surface area contributed by atoms with Crippen molar-refractivity contribution in [3.05, 3.63) is 66.2 Å². The molecule has 0 aliphatic carbocycles. The van der Waals surface area contributed by atoms with Gasteiger partial charge in [-0.2, -0.15) is 0 Å². The van der Waals surface area contributed by atoms with Crippen LogP contribution >= 0.6 is 0 Å². The molecule has 2 aromatic carbocycles. The van der Waals surface area contributed by atoms with Gasteiger partial charge in [0.2, 0.25) is 6.10 Å². The summed E-state index contributed by atoms with van der Waals surface area (Å²) in [5.74, 6) is 0.368. The van der Waals surface area contributed by atoms with Crippen LogP contribution in [0.3, 0.4) is 0 Å². The predicted octanol–water partition coefficient (Wildman–Crippen LogP) is 2.73. The third-order valence-electron chi connectivity index (χ3n) is 2.88. The number of esters is 1. The molecule has 0 saturated carbocycles. The molecule has 90 valence electrons. The van der Waals surface area contributed by atoms with Crippen molar-refractivity contribution in [3.8, 4) is 5.75 Å². The van der Waals surface area contributed by atoms with Crippen LogP contribution in [0, 0.1) is 0 Å². The summed E-state index contributed by atoms with van der Waals surface area (Å²) in [6, 6.07) is 18.9. The molecule has 0 aromatic heterocycles. The normalized spacial score (nSPS) is 21.9. The number of hydrogen-bond acceptors (Lipinski definition) is 3. The molecule has 0 amide bonds. The molecule has 0 N–H and O–H groups in total. The topological polar surface area (TPSA) is 35.5 Å². The second kappa shape index (κ2) is 4.53. The smallest absolute Gasteiger partial charge is 0.352 e. The molecule has 1 aliphatic heterocycles. The molecule has 0 spiro atoms. The molecular weight excluding hydrogens is 228 g/mol. The number of benzene rings is 2. The quantitative estimate of drug-likeness (QED) is 0.774. The van der Waals surface area contributed by atoms with Crippen molar-refractivity contribution < 1.29 is 14.3 Å². The molecule has 3 rings (SSSR count). The number of carbonyl (C=O) groups is 1. The number of cyclic esters (lactones) is 1. The van der Waals surface area contributed by atoms with E-state index in [4.69, 9.17) is 9.47 Å². The standard InChI is InChI=1S/C15H12O3/c16-15-14(17-12-9-5-2-6-10-12)13(18-15)11-7-3-1-4-8-11/h1-10,13-14H/t13-,14+/m1/s1. The fraction of sp³-hybridized carbons (Fsp3) is 0.133. The van der Waals surface area contributed by atoms with Crippen LogP contribution in [0.15, 0.2) is 60.7 Å². The molecule has 0 bridgehead atoms. The second-order valence-corrected chi connectivity index (χ2v) is 4.12. The van der Waals surface area contributed by atoms with Crippen LogP contribution in [0.5, 0.6) is 5.75 Å². The first-order chi connectivity index (χ1) is 8.84. The molecule has 1 aliphatic rings. The van der Waals surface area contributed by atoms with Crippen molar-refractivity contribution in [2.75, 3.05) is 0 Å². The average molecular weight is 240 g/mol. The summed E-state index contributed by atoms with van der Waals surface area (Å²) in [5, 5.41) is 0. The van der Waals surface area contributed by atoms with Crippen molar-refractivity contribution >= 4 is 5.97 Å². The highest BCUT2D eigenvalue weighted by Gasteiger charge is 2.45.